The Morgan fingerprint density at radius 3 is 2.79 bits per heavy atom. The lowest BCUT2D eigenvalue weighted by atomic mass is 10.0. The number of benzene rings is 1. The van der Waals surface area contributed by atoms with Gasteiger partial charge in [0.2, 0.25) is 0 Å². The third kappa shape index (κ3) is 4.97. The molecule has 1 aliphatic rings. The van der Waals surface area contributed by atoms with Gasteiger partial charge in [-0.2, -0.15) is 18.3 Å². The maximum atomic E-state index is 12.7. The SMILES string of the molecule is CC(C)(CN)n1cc(-c2ccc3c(c2)OCCc2sc(C(N=CN)=NCC(F)(F)F)nc2-3)cn1. The molecule has 34 heavy (non-hydrogen) atoms. The first-order valence-electron chi connectivity index (χ1n) is 10.5. The molecule has 12 heteroatoms. The molecule has 0 fully saturated rings. The molecule has 1 aromatic carbocycles. The van der Waals surface area contributed by atoms with Gasteiger partial charge in [0.05, 0.1) is 30.4 Å². The fourth-order valence-corrected chi connectivity index (χ4v) is 4.41. The molecule has 8 nitrogen and oxygen atoms in total. The normalized spacial score (nSPS) is 14.6. The van der Waals surface area contributed by atoms with Crippen molar-refractivity contribution in [1.29, 1.82) is 0 Å². The molecule has 0 saturated heterocycles. The summed E-state index contributed by atoms with van der Waals surface area (Å²) in [4.78, 5) is 12.8. The van der Waals surface area contributed by atoms with Crippen LogP contribution in [0.3, 0.4) is 0 Å². The monoisotopic (exact) mass is 491 g/mol. The van der Waals surface area contributed by atoms with Gasteiger partial charge in [0.25, 0.3) is 0 Å². The predicted molar refractivity (Wildman–Crippen MR) is 126 cm³/mol. The maximum absolute atomic E-state index is 12.7. The van der Waals surface area contributed by atoms with Crippen molar-refractivity contribution in [2.75, 3.05) is 19.7 Å². The zero-order valence-electron chi connectivity index (χ0n) is 18.6. The Balaban J connectivity index is 1.70. The fraction of sp³-hybridized carbons (Fsp3) is 0.364. The lowest BCUT2D eigenvalue weighted by Crippen LogP contribution is -2.35. The Kier molecular flexibility index (Phi) is 6.45. The quantitative estimate of drug-likeness (QED) is 0.418. The van der Waals surface area contributed by atoms with Crippen molar-refractivity contribution in [3.8, 4) is 28.1 Å². The predicted octanol–water partition coefficient (Wildman–Crippen LogP) is 3.60. The largest absolute Gasteiger partial charge is 0.492 e. The second kappa shape index (κ2) is 9.18. The van der Waals surface area contributed by atoms with Crippen LogP contribution in [0.5, 0.6) is 5.75 Å². The van der Waals surface area contributed by atoms with Gasteiger partial charge in [-0.1, -0.05) is 6.07 Å². The van der Waals surface area contributed by atoms with Crippen LogP contribution in [0.1, 0.15) is 23.7 Å². The highest BCUT2D eigenvalue weighted by Gasteiger charge is 2.28. The highest BCUT2D eigenvalue weighted by Crippen LogP contribution is 2.40. The average molecular weight is 492 g/mol. The van der Waals surface area contributed by atoms with Crippen molar-refractivity contribution in [3.63, 3.8) is 0 Å². The Bertz CT molecular complexity index is 1240. The molecule has 0 atom stereocenters. The van der Waals surface area contributed by atoms with Crippen molar-refractivity contribution in [2.45, 2.75) is 32.0 Å². The van der Waals surface area contributed by atoms with Gasteiger partial charge in [-0.3, -0.25) is 9.67 Å². The van der Waals surface area contributed by atoms with Crippen LogP contribution in [0.2, 0.25) is 0 Å². The smallest absolute Gasteiger partial charge is 0.408 e. The first kappa shape index (κ1) is 23.9. The number of nitrogens with two attached hydrogens (primary N) is 2. The molecule has 4 N–H and O–H groups in total. The molecule has 3 heterocycles. The van der Waals surface area contributed by atoms with E-state index in [4.69, 9.17) is 16.2 Å². The maximum Gasteiger partial charge on any atom is 0.408 e. The van der Waals surface area contributed by atoms with E-state index in [-0.39, 0.29) is 16.4 Å². The van der Waals surface area contributed by atoms with Crippen molar-refractivity contribution in [1.82, 2.24) is 14.8 Å². The average Bonchev–Trinajstić information content (AvgIpc) is 3.41. The second-order valence-electron chi connectivity index (χ2n) is 8.32. The summed E-state index contributed by atoms with van der Waals surface area (Å²) < 4.78 is 45.8. The van der Waals surface area contributed by atoms with Gasteiger partial charge in [0.15, 0.2) is 10.8 Å². The van der Waals surface area contributed by atoms with E-state index in [2.05, 4.69) is 20.1 Å². The van der Waals surface area contributed by atoms with Crippen LogP contribution < -0.4 is 16.2 Å². The topological polar surface area (TPSA) is 117 Å². The van der Waals surface area contributed by atoms with E-state index in [9.17, 15) is 13.2 Å². The van der Waals surface area contributed by atoms with E-state index in [1.807, 2.05) is 42.9 Å². The number of alkyl halides is 3. The van der Waals surface area contributed by atoms with E-state index < -0.39 is 12.7 Å². The summed E-state index contributed by atoms with van der Waals surface area (Å²) in [5, 5.41) is 4.72. The van der Waals surface area contributed by atoms with E-state index in [1.165, 1.54) is 11.3 Å². The number of halogens is 3. The Morgan fingerprint density at radius 2 is 2.09 bits per heavy atom. The van der Waals surface area contributed by atoms with Crippen molar-refractivity contribution in [3.05, 3.63) is 40.5 Å². The van der Waals surface area contributed by atoms with Crippen LogP contribution in [0.25, 0.3) is 22.4 Å². The number of aromatic nitrogens is 3. The van der Waals surface area contributed by atoms with Gasteiger partial charge in [0.1, 0.15) is 12.3 Å². The van der Waals surface area contributed by atoms with Gasteiger partial charge in [0, 0.05) is 35.2 Å². The number of aliphatic imine (C=N–C) groups is 2. The first-order valence-corrected chi connectivity index (χ1v) is 11.3. The molecule has 4 rings (SSSR count). The van der Waals surface area contributed by atoms with Gasteiger partial charge in [-0.05, 0) is 31.5 Å². The minimum Gasteiger partial charge on any atom is -0.492 e. The van der Waals surface area contributed by atoms with Gasteiger partial charge < -0.3 is 16.2 Å². The Morgan fingerprint density at radius 1 is 1.29 bits per heavy atom. The van der Waals surface area contributed by atoms with E-state index in [0.29, 0.717) is 31.0 Å². The first-order chi connectivity index (χ1) is 16.1. The minimum absolute atomic E-state index is 0.146. The highest BCUT2D eigenvalue weighted by atomic mass is 32.1. The van der Waals surface area contributed by atoms with E-state index in [0.717, 1.165) is 27.9 Å². The van der Waals surface area contributed by atoms with Crippen LogP contribution in [0.4, 0.5) is 13.2 Å². The Labute approximate surface area is 198 Å². The molecular weight excluding hydrogens is 467 g/mol. The van der Waals surface area contributed by atoms with Gasteiger partial charge in [-0.25, -0.2) is 9.98 Å². The molecule has 180 valence electrons. The molecule has 0 radical (unpaired) electrons. The molecule has 0 saturated carbocycles. The number of thiazole rings is 1. The van der Waals surface area contributed by atoms with Crippen LogP contribution in [0.15, 0.2) is 40.6 Å². The molecule has 0 aliphatic carbocycles. The second-order valence-corrected chi connectivity index (χ2v) is 9.41. The fourth-order valence-electron chi connectivity index (χ4n) is 3.39. The molecule has 0 bridgehead atoms. The highest BCUT2D eigenvalue weighted by molar-refractivity contribution is 7.14. The third-order valence-corrected chi connectivity index (χ3v) is 6.46. The Hall–Kier alpha value is -3.25. The lowest BCUT2D eigenvalue weighted by molar-refractivity contribution is -0.118. The summed E-state index contributed by atoms with van der Waals surface area (Å²) >= 11 is 1.24. The summed E-state index contributed by atoms with van der Waals surface area (Å²) in [6.45, 7) is 3.50. The van der Waals surface area contributed by atoms with E-state index in [1.54, 1.807) is 6.20 Å². The van der Waals surface area contributed by atoms with Crippen molar-refractivity contribution >= 4 is 23.5 Å². The zero-order chi connectivity index (χ0) is 24.5. The molecule has 0 spiro atoms. The van der Waals surface area contributed by atoms with Crippen LogP contribution in [0, 0.1) is 0 Å². The summed E-state index contributed by atoms with van der Waals surface area (Å²) in [6, 6.07) is 5.74. The number of nitrogens with zero attached hydrogens (tertiary/aromatic N) is 5. The molecule has 2 aromatic heterocycles. The minimum atomic E-state index is -4.45. The van der Waals surface area contributed by atoms with Crippen LogP contribution in [-0.2, 0) is 12.0 Å². The molecule has 1 aliphatic heterocycles. The number of hydrogen-bond donors (Lipinski definition) is 2. The standard InChI is InChI=1S/C22H24F3N7OS/c1-21(2,10-26)32-9-14(8-30-32)13-3-4-15-16(7-13)33-6-5-17-18(15)31-20(34-17)19(29-12-27)28-11-22(23,24)25/h3-4,7-9,12H,5-6,10-11,26H2,1-2H3,(H2,27,28,29). The zero-order valence-corrected chi connectivity index (χ0v) is 19.5. The lowest BCUT2D eigenvalue weighted by Gasteiger charge is -2.22. The summed E-state index contributed by atoms with van der Waals surface area (Å²) in [7, 11) is 0. The number of fused-ring (bicyclic) bond motifs is 3. The molecule has 3 aromatic rings. The van der Waals surface area contributed by atoms with Gasteiger partial charge in [-0.15, -0.1) is 11.3 Å². The van der Waals surface area contributed by atoms with Crippen molar-refractivity contribution < 1.29 is 17.9 Å². The number of hydrogen-bond acceptors (Lipinski definition) is 6. The summed E-state index contributed by atoms with van der Waals surface area (Å²) in [5.41, 5.74) is 14.1. The van der Waals surface area contributed by atoms with Crippen molar-refractivity contribution in [2.24, 2.45) is 21.5 Å². The number of ether oxygens (including phenoxy) is 1. The molecular formula is C22H24F3N7OS. The number of rotatable bonds is 5. The van der Waals surface area contributed by atoms with Crippen LogP contribution >= 0.6 is 11.3 Å². The molecule has 0 amide bonds. The third-order valence-electron chi connectivity index (χ3n) is 5.35. The van der Waals surface area contributed by atoms with E-state index >= 15 is 0 Å². The van der Waals surface area contributed by atoms with Gasteiger partial charge >= 0.3 is 6.18 Å². The molecule has 0 unspecified atom stereocenters. The number of amidine groups is 1. The van der Waals surface area contributed by atoms with Crippen LogP contribution in [-0.4, -0.2) is 52.8 Å². The summed E-state index contributed by atoms with van der Waals surface area (Å²) in [6.07, 6.45) is 0.728. The summed E-state index contributed by atoms with van der Waals surface area (Å²) in [5.74, 6) is 0.488.